The van der Waals surface area contributed by atoms with E-state index in [1.807, 2.05) is 84.9 Å². The SMILES string of the molecule is C#Cc1ccc(C#Cc2cc(C#Cc3ccc(C#C)cc3)c(N)c(C#Cc3ccc(C#C)cc3)c2)cc1. The van der Waals surface area contributed by atoms with Crippen LogP contribution in [0.5, 0.6) is 0 Å². The lowest BCUT2D eigenvalue weighted by Crippen LogP contribution is -1.97. The molecule has 0 saturated carbocycles. The van der Waals surface area contributed by atoms with E-state index >= 15 is 0 Å². The molecule has 37 heavy (non-hydrogen) atoms. The molecule has 0 aliphatic carbocycles. The summed E-state index contributed by atoms with van der Waals surface area (Å²) in [5.41, 5.74) is 13.9. The smallest absolute Gasteiger partial charge is 0.0633 e. The topological polar surface area (TPSA) is 26.0 Å². The van der Waals surface area contributed by atoms with Gasteiger partial charge in [-0.1, -0.05) is 53.3 Å². The summed E-state index contributed by atoms with van der Waals surface area (Å²) in [5, 5.41) is 0. The summed E-state index contributed by atoms with van der Waals surface area (Å²) < 4.78 is 0. The molecule has 168 valence electrons. The average Bonchev–Trinajstić information content (AvgIpc) is 2.96. The highest BCUT2D eigenvalue weighted by Gasteiger charge is 2.05. The third-order valence-corrected chi connectivity index (χ3v) is 5.37. The van der Waals surface area contributed by atoms with Crippen LogP contribution in [0.15, 0.2) is 84.9 Å². The van der Waals surface area contributed by atoms with Gasteiger partial charge in [0.25, 0.3) is 0 Å². The number of nitrogen functional groups attached to an aromatic ring is 1. The van der Waals surface area contributed by atoms with Gasteiger partial charge in [0, 0.05) is 38.9 Å². The second-order valence-electron chi connectivity index (χ2n) is 7.90. The minimum Gasteiger partial charge on any atom is -0.397 e. The van der Waals surface area contributed by atoms with Crippen LogP contribution in [0.2, 0.25) is 0 Å². The van der Waals surface area contributed by atoms with Crippen LogP contribution in [-0.4, -0.2) is 0 Å². The number of terminal acetylenes is 3. The fraction of sp³-hybridized carbons (Fsp3) is 0. The number of hydrogen-bond acceptors (Lipinski definition) is 1. The molecule has 0 spiro atoms. The molecule has 1 nitrogen and oxygen atoms in total. The lowest BCUT2D eigenvalue weighted by molar-refractivity contribution is 1.54. The molecule has 2 N–H and O–H groups in total. The average molecular weight is 466 g/mol. The zero-order valence-electron chi connectivity index (χ0n) is 19.9. The van der Waals surface area contributed by atoms with Crippen molar-refractivity contribution in [1.82, 2.24) is 0 Å². The quantitative estimate of drug-likeness (QED) is 0.273. The minimum atomic E-state index is 0.490. The first kappa shape index (κ1) is 24.2. The minimum absolute atomic E-state index is 0.490. The highest BCUT2D eigenvalue weighted by molar-refractivity contribution is 5.70. The summed E-state index contributed by atoms with van der Waals surface area (Å²) in [6, 6.07) is 26.1. The first-order valence-corrected chi connectivity index (χ1v) is 11.3. The summed E-state index contributed by atoms with van der Waals surface area (Å²) in [5.74, 6) is 26.8. The van der Waals surface area contributed by atoms with Crippen LogP contribution in [0.1, 0.15) is 50.1 Å². The number of anilines is 1. The van der Waals surface area contributed by atoms with Crippen LogP contribution in [0.25, 0.3) is 0 Å². The van der Waals surface area contributed by atoms with E-state index in [4.69, 9.17) is 25.0 Å². The molecular formula is C36H19N. The van der Waals surface area contributed by atoms with Gasteiger partial charge in [-0.05, 0) is 84.9 Å². The molecule has 0 aromatic heterocycles. The van der Waals surface area contributed by atoms with E-state index < -0.39 is 0 Å². The molecule has 1 heteroatoms. The van der Waals surface area contributed by atoms with Crippen molar-refractivity contribution < 1.29 is 0 Å². The summed E-state index contributed by atoms with van der Waals surface area (Å²) >= 11 is 0. The van der Waals surface area contributed by atoms with Gasteiger partial charge in [0.05, 0.1) is 16.8 Å². The van der Waals surface area contributed by atoms with Gasteiger partial charge >= 0.3 is 0 Å². The van der Waals surface area contributed by atoms with E-state index in [-0.39, 0.29) is 0 Å². The molecule has 0 atom stereocenters. The van der Waals surface area contributed by atoms with E-state index in [1.165, 1.54) is 0 Å². The van der Waals surface area contributed by atoms with Crippen LogP contribution in [0, 0.1) is 72.6 Å². The summed E-state index contributed by atoms with van der Waals surface area (Å²) in [6.45, 7) is 0. The fourth-order valence-corrected chi connectivity index (χ4v) is 3.30. The van der Waals surface area contributed by atoms with Gasteiger partial charge in [0.2, 0.25) is 0 Å². The number of rotatable bonds is 0. The Morgan fingerprint density at radius 2 is 0.649 bits per heavy atom. The molecule has 0 fully saturated rings. The zero-order valence-corrected chi connectivity index (χ0v) is 19.9. The van der Waals surface area contributed by atoms with Gasteiger partial charge in [-0.15, -0.1) is 19.3 Å². The number of benzene rings is 4. The monoisotopic (exact) mass is 465 g/mol. The molecule has 0 saturated heterocycles. The predicted molar refractivity (Wildman–Crippen MR) is 152 cm³/mol. The van der Waals surface area contributed by atoms with Crippen molar-refractivity contribution in [2.45, 2.75) is 0 Å². The Balaban J connectivity index is 1.75. The van der Waals surface area contributed by atoms with Crippen molar-refractivity contribution in [3.63, 3.8) is 0 Å². The van der Waals surface area contributed by atoms with Crippen LogP contribution in [-0.2, 0) is 0 Å². The normalized spacial score (nSPS) is 9.00. The van der Waals surface area contributed by atoms with Crippen molar-refractivity contribution in [2.75, 3.05) is 5.73 Å². The molecule has 0 radical (unpaired) electrons. The van der Waals surface area contributed by atoms with Crippen molar-refractivity contribution >= 4 is 5.69 Å². The third kappa shape index (κ3) is 6.34. The molecule has 4 rings (SSSR count). The van der Waals surface area contributed by atoms with E-state index in [2.05, 4.69) is 53.3 Å². The first-order chi connectivity index (χ1) is 18.1. The maximum atomic E-state index is 6.49. The molecule has 4 aromatic rings. The molecule has 0 amide bonds. The zero-order chi connectivity index (χ0) is 26.0. The lowest BCUT2D eigenvalue weighted by atomic mass is 10.0. The van der Waals surface area contributed by atoms with Gasteiger partial charge in [-0.3, -0.25) is 0 Å². The van der Waals surface area contributed by atoms with E-state index in [0.29, 0.717) is 16.8 Å². The highest BCUT2D eigenvalue weighted by atomic mass is 14.6. The van der Waals surface area contributed by atoms with Crippen LogP contribution < -0.4 is 5.73 Å². The second-order valence-corrected chi connectivity index (χ2v) is 7.90. The van der Waals surface area contributed by atoms with Crippen LogP contribution >= 0.6 is 0 Å². The maximum absolute atomic E-state index is 6.49. The van der Waals surface area contributed by atoms with Crippen molar-refractivity contribution in [1.29, 1.82) is 0 Å². The summed E-state index contributed by atoms with van der Waals surface area (Å²) in [7, 11) is 0. The van der Waals surface area contributed by atoms with Crippen LogP contribution in [0.3, 0.4) is 0 Å². The van der Waals surface area contributed by atoms with E-state index in [9.17, 15) is 0 Å². The van der Waals surface area contributed by atoms with Crippen molar-refractivity contribution in [3.05, 3.63) is 135 Å². The van der Waals surface area contributed by atoms with Gasteiger partial charge < -0.3 is 5.73 Å². The third-order valence-electron chi connectivity index (χ3n) is 5.37. The fourth-order valence-electron chi connectivity index (χ4n) is 3.30. The van der Waals surface area contributed by atoms with Gasteiger partial charge in [-0.2, -0.15) is 0 Å². The number of hydrogen-bond donors (Lipinski definition) is 1. The Kier molecular flexibility index (Phi) is 7.48. The standard InChI is InChI=1S/C36H19N/c1-4-27-7-13-30(14-8-27)19-20-33-25-34(23-21-31-15-9-28(5-2)10-16-31)36(37)35(26-33)24-22-32-17-11-29(6-3)12-18-32/h1-3,7-18,25-26H,37H2. The molecule has 0 heterocycles. The van der Waals surface area contributed by atoms with E-state index in [0.717, 1.165) is 38.9 Å². The van der Waals surface area contributed by atoms with Gasteiger partial charge in [0.1, 0.15) is 0 Å². The number of nitrogens with two attached hydrogens (primary N) is 1. The van der Waals surface area contributed by atoms with Crippen molar-refractivity contribution in [2.24, 2.45) is 0 Å². The Labute approximate surface area is 218 Å². The summed E-state index contributed by atoms with van der Waals surface area (Å²) in [4.78, 5) is 0. The maximum Gasteiger partial charge on any atom is 0.0633 e. The van der Waals surface area contributed by atoms with E-state index in [1.54, 1.807) is 0 Å². The Hall–Kier alpha value is -5.96. The molecule has 0 aliphatic rings. The second kappa shape index (κ2) is 11.4. The molecular weight excluding hydrogens is 446 g/mol. The molecule has 0 bridgehead atoms. The summed E-state index contributed by atoms with van der Waals surface area (Å²) in [6.07, 6.45) is 16.3. The van der Waals surface area contributed by atoms with Gasteiger partial charge in [0.15, 0.2) is 0 Å². The largest absolute Gasteiger partial charge is 0.397 e. The van der Waals surface area contributed by atoms with Crippen LogP contribution in [0.4, 0.5) is 5.69 Å². The van der Waals surface area contributed by atoms with Crippen molar-refractivity contribution in [3.8, 4) is 72.6 Å². The Bertz CT molecular complexity index is 1680. The Morgan fingerprint density at radius 1 is 0.378 bits per heavy atom. The van der Waals surface area contributed by atoms with Gasteiger partial charge in [-0.25, -0.2) is 0 Å². The highest BCUT2D eigenvalue weighted by Crippen LogP contribution is 2.20. The Morgan fingerprint density at radius 3 is 0.973 bits per heavy atom. The molecule has 0 unspecified atom stereocenters. The predicted octanol–water partition coefficient (Wildman–Crippen LogP) is 5.41. The molecule has 0 aliphatic heterocycles. The first-order valence-electron chi connectivity index (χ1n) is 11.3. The lowest BCUT2D eigenvalue weighted by Gasteiger charge is -2.04. The molecule has 4 aromatic carbocycles.